The molecule has 0 aliphatic heterocycles. The van der Waals surface area contributed by atoms with Crippen LogP contribution >= 0.6 is 0 Å². The van der Waals surface area contributed by atoms with E-state index < -0.39 is 8.07 Å². The summed E-state index contributed by atoms with van der Waals surface area (Å²) in [5.41, 5.74) is 4.24. The van der Waals surface area contributed by atoms with E-state index in [1.165, 1.54) is 37.4 Å². The van der Waals surface area contributed by atoms with Gasteiger partial charge in [0.05, 0.1) is 0 Å². The zero-order valence-electron chi connectivity index (χ0n) is 22.7. The molecule has 0 spiro atoms. The summed E-state index contributed by atoms with van der Waals surface area (Å²) in [7, 11) is -2.48. The molecule has 37 heavy (non-hydrogen) atoms. The van der Waals surface area contributed by atoms with Crippen molar-refractivity contribution < 1.29 is 58.9 Å². The topological polar surface area (TPSA) is 0 Å². The van der Waals surface area contributed by atoms with Gasteiger partial charge in [0, 0.05) is 0 Å². The van der Waals surface area contributed by atoms with E-state index in [-0.39, 0.29) is 58.9 Å². The third kappa shape index (κ3) is 7.33. The standard InChI is InChI=1S/C32H37Si.3ClH.Ti/c1-23(2)26-12-9-17-30(20-26)33(29-15-7-8-16-29,31-18-10-13-27(21-31)24(3)4)32-19-11-14-28(22-32)25(5)6;;;;/h7-14,17-25H,15H2,1-6H3;3*1H;/q-1;;;;+4/p-3. The van der Waals surface area contributed by atoms with E-state index in [1.54, 1.807) is 0 Å². The summed E-state index contributed by atoms with van der Waals surface area (Å²) in [6.45, 7) is 13.8. The van der Waals surface area contributed by atoms with Gasteiger partial charge >= 0.3 is 21.7 Å². The van der Waals surface area contributed by atoms with Crippen molar-refractivity contribution in [3.05, 3.63) is 113 Å². The molecular weight excluding hydrogens is 567 g/mol. The monoisotopic (exact) mass is 602 g/mol. The Morgan fingerprint density at radius 3 is 1.22 bits per heavy atom. The van der Waals surface area contributed by atoms with Crippen LogP contribution in [0.3, 0.4) is 0 Å². The number of allylic oxidation sites excluding steroid dienone is 4. The van der Waals surface area contributed by atoms with E-state index in [0.717, 1.165) is 6.42 Å². The fourth-order valence-electron chi connectivity index (χ4n) is 5.07. The quantitative estimate of drug-likeness (QED) is 0.163. The first kappa shape index (κ1) is 35.9. The van der Waals surface area contributed by atoms with E-state index in [1.807, 2.05) is 0 Å². The molecule has 5 heteroatoms. The molecule has 194 valence electrons. The number of hydrogen-bond acceptors (Lipinski definition) is 0. The average molecular weight is 604 g/mol. The Morgan fingerprint density at radius 2 is 0.946 bits per heavy atom. The van der Waals surface area contributed by atoms with Gasteiger partial charge in [0.15, 0.2) is 8.07 Å². The molecule has 0 saturated carbocycles. The molecule has 1 aliphatic rings. The summed E-state index contributed by atoms with van der Waals surface area (Å²) in [5.74, 6) is 1.50. The summed E-state index contributed by atoms with van der Waals surface area (Å²) in [6.07, 6.45) is 9.14. The summed E-state index contributed by atoms with van der Waals surface area (Å²) in [4.78, 5) is 0. The minimum absolute atomic E-state index is 0. The number of hydrogen-bond donors (Lipinski definition) is 0. The predicted octanol–water partition coefficient (Wildman–Crippen LogP) is -2.23. The smallest absolute Gasteiger partial charge is 1.00 e. The number of halogens is 3. The van der Waals surface area contributed by atoms with Crippen LogP contribution in [0.2, 0.25) is 0 Å². The van der Waals surface area contributed by atoms with Crippen LogP contribution in [0, 0.1) is 6.08 Å². The molecule has 0 N–H and O–H groups in total. The second-order valence-electron chi connectivity index (χ2n) is 10.3. The molecule has 0 bridgehead atoms. The maximum absolute atomic E-state index is 3.74. The number of benzene rings is 3. The van der Waals surface area contributed by atoms with Gasteiger partial charge in [-0.2, -0.15) is 5.20 Å². The van der Waals surface area contributed by atoms with Crippen molar-refractivity contribution in [3.63, 3.8) is 0 Å². The van der Waals surface area contributed by atoms with Crippen molar-refractivity contribution in [2.24, 2.45) is 0 Å². The summed E-state index contributed by atoms with van der Waals surface area (Å²) < 4.78 is 0. The second-order valence-corrected chi connectivity index (χ2v) is 14.2. The SMILES string of the molecule is CC(C)c1cccc([Si](C2=[C-]C=CC2)(c2cccc(C(C)C)c2)c2cccc(C(C)C)c2)c1.[Cl-].[Cl-].[Cl-].[Ti+4]. The van der Waals surface area contributed by atoms with Crippen LogP contribution in [-0.4, -0.2) is 8.07 Å². The van der Waals surface area contributed by atoms with Gasteiger partial charge in [-0.25, -0.2) is 12.2 Å². The molecule has 0 heterocycles. The Balaban J connectivity index is 0.00000324. The maximum Gasteiger partial charge on any atom is 4.00 e. The molecule has 3 aromatic carbocycles. The van der Waals surface area contributed by atoms with Crippen molar-refractivity contribution in [2.45, 2.75) is 65.7 Å². The first-order valence-electron chi connectivity index (χ1n) is 12.4. The zero-order valence-corrected chi connectivity index (χ0v) is 27.5. The van der Waals surface area contributed by atoms with Gasteiger partial charge in [0.2, 0.25) is 0 Å². The molecule has 3 aromatic rings. The van der Waals surface area contributed by atoms with Crippen LogP contribution in [0.25, 0.3) is 0 Å². The van der Waals surface area contributed by atoms with Crippen molar-refractivity contribution in [3.8, 4) is 0 Å². The molecule has 0 radical (unpaired) electrons. The van der Waals surface area contributed by atoms with Crippen LogP contribution in [0.15, 0.2) is 90.1 Å². The van der Waals surface area contributed by atoms with Gasteiger partial charge < -0.3 is 37.2 Å². The van der Waals surface area contributed by atoms with Crippen LogP contribution < -0.4 is 52.8 Å². The molecule has 0 saturated heterocycles. The predicted molar refractivity (Wildman–Crippen MR) is 147 cm³/mol. The molecule has 0 aromatic heterocycles. The molecule has 0 unspecified atom stereocenters. The Bertz CT molecular complexity index is 1070. The van der Waals surface area contributed by atoms with Crippen LogP contribution in [-0.2, 0) is 21.7 Å². The Hall–Kier alpha value is -1.06. The van der Waals surface area contributed by atoms with Crippen molar-refractivity contribution >= 4 is 23.6 Å². The minimum Gasteiger partial charge on any atom is -1.00 e. The fourth-order valence-corrected chi connectivity index (χ4v) is 10.0. The summed E-state index contributed by atoms with van der Waals surface area (Å²) in [6, 6.07) is 28.3. The molecule has 0 amide bonds. The van der Waals surface area contributed by atoms with Crippen molar-refractivity contribution in [1.82, 2.24) is 0 Å². The first-order valence-corrected chi connectivity index (χ1v) is 14.4. The van der Waals surface area contributed by atoms with Gasteiger partial charge in [-0.05, 0) is 50.0 Å². The van der Waals surface area contributed by atoms with Crippen LogP contribution in [0.4, 0.5) is 0 Å². The van der Waals surface area contributed by atoms with E-state index >= 15 is 0 Å². The van der Waals surface area contributed by atoms with Gasteiger partial charge in [0.25, 0.3) is 0 Å². The van der Waals surface area contributed by atoms with Crippen LogP contribution in [0.5, 0.6) is 0 Å². The van der Waals surface area contributed by atoms with E-state index in [9.17, 15) is 0 Å². The summed E-state index contributed by atoms with van der Waals surface area (Å²) in [5, 5.41) is 5.88. The van der Waals surface area contributed by atoms with E-state index in [0.29, 0.717) is 17.8 Å². The molecular formula is C32H37Cl3SiTi. The third-order valence-corrected chi connectivity index (χ3v) is 11.9. The number of rotatable bonds is 7. The Kier molecular flexibility index (Phi) is 15.1. The second kappa shape index (κ2) is 15.5. The fraction of sp³-hybridized carbons (Fsp3) is 0.312. The first-order chi connectivity index (χ1) is 15.8. The minimum atomic E-state index is -2.48. The largest absolute Gasteiger partial charge is 4.00 e. The summed E-state index contributed by atoms with van der Waals surface area (Å²) >= 11 is 0. The molecule has 0 fully saturated rings. The zero-order chi connectivity index (χ0) is 23.6. The van der Waals surface area contributed by atoms with Crippen LogP contribution in [0.1, 0.15) is 82.4 Å². The molecule has 4 rings (SSSR count). The van der Waals surface area contributed by atoms with Gasteiger partial charge in [0.1, 0.15) is 0 Å². The van der Waals surface area contributed by atoms with Gasteiger partial charge in [-0.3, -0.25) is 6.08 Å². The van der Waals surface area contributed by atoms with Crippen molar-refractivity contribution in [1.29, 1.82) is 0 Å². The van der Waals surface area contributed by atoms with Gasteiger partial charge in [-0.1, -0.05) is 121 Å². The maximum atomic E-state index is 3.74. The molecule has 0 nitrogen and oxygen atoms in total. The third-order valence-electron chi connectivity index (χ3n) is 7.11. The Labute approximate surface area is 259 Å². The Morgan fingerprint density at radius 1 is 0.595 bits per heavy atom. The van der Waals surface area contributed by atoms with E-state index in [2.05, 4.69) is 133 Å². The van der Waals surface area contributed by atoms with E-state index in [4.69, 9.17) is 0 Å². The molecule has 0 atom stereocenters. The normalized spacial score (nSPS) is 12.4. The average Bonchev–Trinajstić information content (AvgIpc) is 3.35. The van der Waals surface area contributed by atoms with Crippen molar-refractivity contribution in [2.75, 3.05) is 0 Å². The van der Waals surface area contributed by atoms with Gasteiger partial charge in [-0.15, -0.1) is 0 Å². The molecule has 1 aliphatic carbocycles.